The van der Waals surface area contributed by atoms with Crippen LogP contribution in [-0.4, -0.2) is 16.9 Å². The van der Waals surface area contributed by atoms with Crippen molar-refractivity contribution in [1.29, 1.82) is 0 Å². The lowest BCUT2D eigenvalue weighted by Crippen LogP contribution is -2.48. The van der Waals surface area contributed by atoms with Crippen LogP contribution in [0.25, 0.3) is 0 Å². The Bertz CT molecular complexity index is 539. The minimum Gasteiger partial charge on any atom is -0.327 e. The summed E-state index contributed by atoms with van der Waals surface area (Å²) >= 11 is 1.68. The Hall–Kier alpha value is -0.650. The second-order valence-electron chi connectivity index (χ2n) is 7.28. The Balaban J connectivity index is 0.00000156. The predicted molar refractivity (Wildman–Crippen MR) is 96.2 cm³/mol. The van der Waals surface area contributed by atoms with Crippen molar-refractivity contribution in [1.82, 2.24) is 4.98 Å². The second-order valence-corrected chi connectivity index (χ2v) is 8.37. The number of carbonyl (C=O) groups is 1. The van der Waals surface area contributed by atoms with Crippen molar-refractivity contribution in [3.8, 4) is 0 Å². The fourth-order valence-corrected chi connectivity index (χ4v) is 5.67. The lowest BCUT2D eigenvalue weighted by Gasteiger charge is -2.43. The van der Waals surface area contributed by atoms with E-state index in [2.05, 4.69) is 10.3 Å². The van der Waals surface area contributed by atoms with E-state index in [4.69, 9.17) is 5.73 Å². The van der Waals surface area contributed by atoms with Crippen molar-refractivity contribution < 1.29 is 4.79 Å². The lowest BCUT2D eigenvalue weighted by molar-refractivity contribution is -0.122. The van der Waals surface area contributed by atoms with Gasteiger partial charge in [-0.25, -0.2) is 4.98 Å². The molecule has 1 heterocycles. The minimum absolute atomic E-state index is 0. The highest BCUT2D eigenvalue weighted by Crippen LogP contribution is 2.42. The summed E-state index contributed by atoms with van der Waals surface area (Å²) in [4.78, 5) is 18.6. The van der Waals surface area contributed by atoms with Gasteiger partial charge in [-0.15, -0.1) is 23.7 Å². The quantitative estimate of drug-likeness (QED) is 0.852. The zero-order valence-corrected chi connectivity index (χ0v) is 15.1. The number of hydrogen-bond acceptors (Lipinski definition) is 4. The molecular formula is C17H26ClN3OS. The van der Waals surface area contributed by atoms with Crippen molar-refractivity contribution in [3.05, 3.63) is 10.6 Å². The number of nitrogens with one attached hydrogen (secondary N) is 1. The first-order chi connectivity index (χ1) is 10.7. The highest BCUT2D eigenvalue weighted by atomic mass is 35.5. The number of amides is 1. The fraction of sp³-hybridized carbons (Fsp3) is 0.765. The summed E-state index contributed by atoms with van der Waals surface area (Å²) in [5.41, 5.74) is 7.54. The van der Waals surface area contributed by atoms with Crippen molar-refractivity contribution in [2.45, 2.75) is 63.8 Å². The molecule has 6 heteroatoms. The summed E-state index contributed by atoms with van der Waals surface area (Å²) < 4.78 is 0. The van der Waals surface area contributed by atoms with Crippen molar-refractivity contribution in [2.24, 2.45) is 23.5 Å². The van der Waals surface area contributed by atoms with Crippen LogP contribution in [0.1, 0.15) is 55.5 Å². The maximum Gasteiger partial charge on any atom is 0.229 e. The number of anilines is 1. The molecule has 3 N–H and O–H groups in total. The van der Waals surface area contributed by atoms with Gasteiger partial charge < -0.3 is 11.1 Å². The van der Waals surface area contributed by atoms with E-state index >= 15 is 0 Å². The van der Waals surface area contributed by atoms with E-state index in [1.807, 2.05) is 0 Å². The molecule has 2 saturated carbocycles. The molecule has 3 aliphatic rings. The van der Waals surface area contributed by atoms with Crippen molar-refractivity contribution in [3.63, 3.8) is 0 Å². The highest BCUT2D eigenvalue weighted by molar-refractivity contribution is 7.15. The van der Waals surface area contributed by atoms with Crippen molar-refractivity contribution in [2.75, 3.05) is 5.32 Å². The van der Waals surface area contributed by atoms with Gasteiger partial charge in [0.25, 0.3) is 0 Å². The van der Waals surface area contributed by atoms with Gasteiger partial charge in [0, 0.05) is 16.8 Å². The molecule has 0 saturated heterocycles. The summed E-state index contributed by atoms with van der Waals surface area (Å²) in [6, 6.07) is 0.324. The van der Waals surface area contributed by atoms with Crippen LogP contribution in [0.15, 0.2) is 0 Å². The molecule has 2 atom stereocenters. The van der Waals surface area contributed by atoms with Gasteiger partial charge in [0.15, 0.2) is 5.13 Å². The number of rotatable bonds is 2. The van der Waals surface area contributed by atoms with Gasteiger partial charge in [-0.1, -0.05) is 6.42 Å². The van der Waals surface area contributed by atoms with Gasteiger partial charge in [-0.05, 0) is 63.2 Å². The predicted octanol–water partition coefficient (Wildman–Crippen LogP) is 3.54. The van der Waals surface area contributed by atoms with Crippen molar-refractivity contribution >= 4 is 34.8 Å². The molecule has 1 aromatic heterocycles. The third-order valence-corrected chi connectivity index (χ3v) is 6.93. The fourth-order valence-electron chi connectivity index (χ4n) is 4.62. The third-order valence-electron chi connectivity index (χ3n) is 5.86. The molecule has 23 heavy (non-hydrogen) atoms. The smallest absolute Gasteiger partial charge is 0.229 e. The Morgan fingerprint density at radius 3 is 2.52 bits per heavy atom. The van der Waals surface area contributed by atoms with E-state index in [-0.39, 0.29) is 24.2 Å². The van der Waals surface area contributed by atoms with Gasteiger partial charge >= 0.3 is 0 Å². The highest BCUT2D eigenvalue weighted by Gasteiger charge is 2.40. The molecule has 0 aliphatic heterocycles. The van der Waals surface area contributed by atoms with Gasteiger partial charge in [0.05, 0.1) is 5.69 Å². The molecule has 1 amide bonds. The number of carbonyl (C=O) groups excluding carboxylic acids is 1. The molecule has 0 radical (unpaired) electrons. The maximum atomic E-state index is 12.6. The van der Waals surface area contributed by atoms with E-state index < -0.39 is 0 Å². The van der Waals surface area contributed by atoms with Crippen LogP contribution in [0.5, 0.6) is 0 Å². The molecule has 2 unspecified atom stereocenters. The van der Waals surface area contributed by atoms with Crippen LogP contribution < -0.4 is 11.1 Å². The number of nitrogens with zero attached hydrogens (tertiary/aromatic N) is 1. The number of thiazole rings is 1. The monoisotopic (exact) mass is 355 g/mol. The maximum absolute atomic E-state index is 12.6. The zero-order chi connectivity index (χ0) is 15.1. The molecule has 3 aliphatic carbocycles. The normalized spacial score (nSPS) is 32.6. The summed E-state index contributed by atoms with van der Waals surface area (Å²) in [6.45, 7) is 0. The summed E-state index contributed by atoms with van der Waals surface area (Å²) in [5.74, 6) is 1.41. The topological polar surface area (TPSA) is 68.0 Å². The van der Waals surface area contributed by atoms with E-state index in [9.17, 15) is 4.79 Å². The second kappa shape index (κ2) is 7.08. The molecular weight excluding hydrogens is 330 g/mol. The molecule has 0 spiro atoms. The van der Waals surface area contributed by atoms with Crippen LogP contribution in [-0.2, 0) is 17.6 Å². The molecule has 128 valence electrons. The summed E-state index contributed by atoms with van der Waals surface area (Å²) in [5, 5.41) is 3.92. The number of hydrogen-bond donors (Lipinski definition) is 2. The average molecular weight is 356 g/mol. The Labute approximate surface area is 148 Å². The number of aryl methyl sites for hydroxylation is 2. The minimum atomic E-state index is 0. The van der Waals surface area contributed by atoms with Gasteiger partial charge in [0.2, 0.25) is 5.91 Å². The Morgan fingerprint density at radius 2 is 1.83 bits per heavy atom. The van der Waals surface area contributed by atoms with Crippen LogP contribution in [0.2, 0.25) is 0 Å². The van der Waals surface area contributed by atoms with Crippen LogP contribution in [0.4, 0.5) is 5.13 Å². The zero-order valence-electron chi connectivity index (χ0n) is 13.4. The van der Waals surface area contributed by atoms with E-state index in [1.54, 1.807) is 11.3 Å². The largest absolute Gasteiger partial charge is 0.327 e. The van der Waals surface area contributed by atoms with Crippen LogP contribution in [0.3, 0.4) is 0 Å². The van der Waals surface area contributed by atoms with Gasteiger partial charge in [-0.2, -0.15) is 0 Å². The average Bonchev–Trinajstić information content (AvgIpc) is 2.88. The Morgan fingerprint density at radius 1 is 1.13 bits per heavy atom. The summed E-state index contributed by atoms with van der Waals surface area (Å²) in [6.07, 6.45) is 10.3. The molecule has 4 rings (SSSR count). The number of nitrogens with two attached hydrogens (primary N) is 1. The van der Waals surface area contributed by atoms with E-state index in [0.717, 1.165) is 30.8 Å². The van der Waals surface area contributed by atoms with Crippen LogP contribution in [0, 0.1) is 17.8 Å². The lowest BCUT2D eigenvalue weighted by atomic mass is 9.65. The SMILES string of the molecule is Cl.NC1C2CCCC1CC(C(=O)Nc1nc3c(s1)CCCC3)C2. The molecule has 2 bridgehead atoms. The molecule has 1 aromatic rings. The van der Waals surface area contributed by atoms with Gasteiger partial charge in [-0.3, -0.25) is 4.79 Å². The Kier molecular flexibility index (Phi) is 5.29. The standard InChI is InChI=1S/C17H25N3OS.ClH/c18-15-10-4-3-5-11(15)9-12(8-10)16(21)20-17-19-13-6-1-2-7-14(13)22-17;/h10-12,15H,1-9,18H2,(H,19,20,21);1H. The van der Waals surface area contributed by atoms with E-state index in [1.165, 1.54) is 42.7 Å². The molecule has 0 aromatic carbocycles. The van der Waals surface area contributed by atoms with Gasteiger partial charge in [0.1, 0.15) is 0 Å². The number of halogens is 1. The van der Waals surface area contributed by atoms with E-state index in [0.29, 0.717) is 17.9 Å². The first kappa shape index (κ1) is 17.2. The number of fused-ring (bicyclic) bond motifs is 3. The molecule has 4 nitrogen and oxygen atoms in total. The first-order valence-corrected chi connectivity index (χ1v) is 9.57. The first-order valence-electron chi connectivity index (χ1n) is 8.75. The summed E-state index contributed by atoms with van der Waals surface area (Å²) in [7, 11) is 0. The molecule has 2 fully saturated rings. The third kappa shape index (κ3) is 3.42. The van der Waals surface area contributed by atoms with Crippen LogP contribution >= 0.6 is 23.7 Å². The number of aromatic nitrogens is 1.